The van der Waals surface area contributed by atoms with Crippen LogP contribution in [-0.2, 0) is 9.53 Å². The number of hydrogen-bond acceptors (Lipinski definition) is 4. The van der Waals surface area contributed by atoms with Gasteiger partial charge in [0.25, 0.3) is 0 Å². The highest BCUT2D eigenvalue weighted by molar-refractivity contribution is 5.82. The molecule has 0 aliphatic carbocycles. The highest BCUT2D eigenvalue weighted by atomic mass is 16.6. The lowest BCUT2D eigenvalue weighted by molar-refractivity contribution is -0.128. The van der Waals surface area contributed by atoms with Crippen LogP contribution in [0.2, 0.25) is 0 Å². The molecule has 1 aliphatic heterocycles. The molecule has 0 radical (unpaired) electrons. The van der Waals surface area contributed by atoms with Crippen molar-refractivity contribution in [1.29, 1.82) is 0 Å². The minimum absolute atomic E-state index is 0.0636. The second-order valence-corrected chi connectivity index (χ2v) is 9.28. The van der Waals surface area contributed by atoms with Gasteiger partial charge in [-0.3, -0.25) is 9.69 Å². The van der Waals surface area contributed by atoms with Gasteiger partial charge >= 0.3 is 6.09 Å². The number of piperidine rings is 1. The predicted octanol–water partition coefficient (Wildman–Crippen LogP) is 2.87. The molecule has 2 atom stereocenters. The largest absolute Gasteiger partial charge is 0.444 e. The summed E-state index contributed by atoms with van der Waals surface area (Å²) in [4.78, 5) is 28.4. The normalized spacial score (nSPS) is 20.7. The molecule has 0 bridgehead atoms. The van der Waals surface area contributed by atoms with Crippen LogP contribution >= 0.6 is 0 Å². The van der Waals surface area contributed by atoms with E-state index in [9.17, 15) is 9.59 Å². The Bertz CT molecular complexity index is 466. The fraction of sp³-hybridized carbons (Fsp3) is 0.895. The fourth-order valence-electron chi connectivity index (χ4n) is 3.04. The van der Waals surface area contributed by atoms with Gasteiger partial charge in [-0.15, -0.1) is 0 Å². The van der Waals surface area contributed by atoms with Gasteiger partial charge in [-0.2, -0.15) is 0 Å². The van der Waals surface area contributed by atoms with Crippen molar-refractivity contribution in [3.05, 3.63) is 0 Å². The third kappa shape index (κ3) is 8.08. The Morgan fingerprint density at radius 2 is 1.84 bits per heavy atom. The lowest BCUT2D eigenvalue weighted by Gasteiger charge is -2.38. The van der Waals surface area contributed by atoms with Crippen LogP contribution < -0.4 is 5.32 Å². The highest BCUT2D eigenvalue weighted by Crippen LogP contribution is 2.20. The Kier molecular flexibility index (Phi) is 7.29. The van der Waals surface area contributed by atoms with E-state index in [0.717, 1.165) is 25.9 Å². The van der Waals surface area contributed by atoms with E-state index in [1.165, 1.54) is 0 Å². The Labute approximate surface area is 153 Å². The van der Waals surface area contributed by atoms with Crippen LogP contribution in [0.1, 0.15) is 61.3 Å². The maximum atomic E-state index is 12.4. The zero-order valence-corrected chi connectivity index (χ0v) is 17.3. The van der Waals surface area contributed by atoms with Crippen LogP contribution in [0.4, 0.5) is 4.79 Å². The number of nitrogens with one attached hydrogen (secondary N) is 1. The van der Waals surface area contributed by atoms with Crippen molar-refractivity contribution in [2.24, 2.45) is 5.92 Å². The number of carbonyl (C=O) groups excluding carboxylic acids is 2. The van der Waals surface area contributed by atoms with Crippen LogP contribution in [0.25, 0.3) is 0 Å². The van der Waals surface area contributed by atoms with Gasteiger partial charge in [0.1, 0.15) is 5.60 Å². The molecule has 1 fully saturated rings. The molecule has 146 valence electrons. The molecule has 1 saturated heterocycles. The Hall–Kier alpha value is -1.30. The standard InChI is InChI=1S/C19H37N3O3/c1-14(16(23)20-18(2,3)4)22-11-9-10-15(13-22)12-21(8)17(24)25-19(5,6)7/h14-15H,9-13H2,1-8H3,(H,20,23)/t14-,15+/m0/s1. The molecule has 1 rings (SSSR count). The zero-order chi connectivity index (χ0) is 19.4. The van der Waals surface area contributed by atoms with Crippen LogP contribution in [0.15, 0.2) is 0 Å². The van der Waals surface area contributed by atoms with Crippen molar-refractivity contribution in [3.63, 3.8) is 0 Å². The lowest BCUT2D eigenvalue weighted by atomic mass is 9.96. The second kappa shape index (κ2) is 8.39. The first-order chi connectivity index (χ1) is 11.3. The van der Waals surface area contributed by atoms with Crippen LogP contribution in [0, 0.1) is 5.92 Å². The molecule has 1 heterocycles. The van der Waals surface area contributed by atoms with E-state index < -0.39 is 5.60 Å². The van der Waals surface area contributed by atoms with Crippen molar-refractivity contribution >= 4 is 12.0 Å². The first-order valence-corrected chi connectivity index (χ1v) is 9.28. The third-order valence-corrected chi connectivity index (χ3v) is 4.21. The number of nitrogens with zero attached hydrogens (tertiary/aromatic N) is 2. The number of rotatable bonds is 4. The summed E-state index contributed by atoms with van der Waals surface area (Å²) in [6, 6.07) is -0.158. The molecular weight excluding hydrogens is 318 g/mol. The maximum Gasteiger partial charge on any atom is 0.410 e. The van der Waals surface area contributed by atoms with Gasteiger partial charge in [-0.05, 0) is 73.8 Å². The minimum Gasteiger partial charge on any atom is -0.444 e. The molecule has 6 heteroatoms. The van der Waals surface area contributed by atoms with Crippen LogP contribution in [-0.4, -0.2) is 65.7 Å². The summed E-state index contributed by atoms with van der Waals surface area (Å²) in [5, 5.41) is 3.05. The first-order valence-electron chi connectivity index (χ1n) is 9.28. The predicted molar refractivity (Wildman–Crippen MR) is 101 cm³/mol. The molecular formula is C19H37N3O3. The highest BCUT2D eigenvalue weighted by Gasteiger charge is 2.30. The Balaban J connectivity index is 2.56. The summed E-state index contributed by atoms with van der Waals surface area (Å²) >= 11 is 0. The molecule has 0 aromatic carbocycles. The molecule has 0 unspecified atom stereocenters. The Morgan fingerprint density at radius 1 is 1.24 bits per heavy atom. The smallest absolute Gasteiger partial charge is 0.410 e. The van der Waals surface area contributed by atoms with E-state index in [4.69, 9.17) is 4.74 Å². The molecule has 1 N–H and O–H groups in total. The average Bonchev–Trinajstić information content (AvgIpc) is 2.43. The molecule has 0 saturated carbocycles. The molecule has 1 aliphatic rings. The summed E-state index contributed by atoms with van der Waals surface area (Å²) in [7, 11) is 1.78. The number of ether oxygens (including phenoxy) is 1. The quantitative estimate of drug-likeness (QED) is 0.842. The molecule has 0 aromatic rings. The molecule has 0 spiro atoms. The van der Waals surface area contributed by atoms with Crippen LogP contribution in [0.3, 0.4) is 0 Å². The topological polar surface area (TPSA) is 61.9 Å². The Morgan fingerprint density at radius 3 is 2.36 bits per heavy atom. The number of amides is 2. The van der Waals surface area contributed by atoms with Gasteiger partial charge in [0, 0.05) is 25.7 Å². The van der Waals surface area contributed by atoms with E-state index >= 15 is 0 Å². The van der Waals surface area contributed by atoms with Gasteiger partial charge in [-0.1, -0.05) is 0 Å². The molecule has 2 amide bonds. The molecule has 6 nitrogen and oxygen atoms in total. The monoisotopic (exact) mass is 355 g/mol. The number of likely N-dealkylation sites (tertiary alicyclic amines) is 1. The van der Waals surface area contributed by atoms with Gasteiger partial charge < -0.3 is 15.0 Å². The van der Waals surface area contributed by atoms with Crippen LogP contribution in [0.5, 0.6) is 0 Å². The van der Waals surface area contributed by atoms with Crippen molar-refractivity contribution in [2.75, 3.05) is 26.7 Å². The molecule has 25 heavy (non-hydrogen) atoms. The van der Waals surface area contributed by atoms with Gasteiger partial charge in [0.2, 0.25) is 5.91 Å². The molecule has 0 aromatic heterocycles. The van der Waals surface area contributed by atoms with Crippen molar-refractivity contribution in [1.82, 2.24) is 15.1 Å². The maximum absolute atomic E-state index is 12.4. The van der Waals surface area contributed by atoms with Crippen molar-refractivity contribution < 1.29 is 14.3 Å². The van der Waals surface area contributed by atoms with Gasteiger partial charge in [0.05, 0.1) is 6.04 Å². The fourth-order valence-corrected chi connectivity index (χ4v) is 3.04. The van der Waals surface area contributed by atoms with Crippen molar-refractivity contribution in [3.8, 4) is 0 Å². The van der Waals surface area contributed by atoms with Crippen molar-refractivity contribution in [2.45, 2.75) is 78.5 Å². The van der Waals surface area contributed by atoms with E-state index in [1.54, 1.807) is 11.9 Å². The summed E-state index contributed by atoms with van der Waals surface area (Å²) in [5.41, 5.74) is -0.707. The van der Waals surface area contributed by atoms with Gasteiger partial charge in [0.15, 0.2) is 0 Å². The van der Waals surface area contributed by atoms with Gasteiger partial charge in [-0.25, -0.2) is 4.79 Å². The van der Waals surface area contributed by atoms with E-state index in [1.807, 2.05) is 48.5 Å². The van der Waals surface area contributed by atoms with E-state index in [0.29, 0.717) is 12.5 Å². The van der Waals surface area contributed by atoms with E-state index in [-0.39, 0.29) is 23.6 Å². The summed E-state index contributed by atoms with van der Waals surface area (Å²) in [6.45, 7) is 16.0. The second-order valence-electron chi connectivity index (χ2n) is 9.28. The number of hydrogen-bond donors (Lipinski definition) is 1. The summed E-state index contributed by atoms with van der Waals surface area (Å²) in [5.74, 6) is 0.421. The first kappa shape index (κ1) is 21.7. The summed E-state index contributed by atoms with van der Waals surface area (Å²) in [6.07, 6.45) is 1.82. The third-order valence-electron chi connectivity index (χ3n) is 4.21. The zero-order valence-electron chi connectivity index (χ0n) is 17.3. The lowest BCUT2D eigenvalue weighted by Crippen LogP contribution is -2.54. The number of carbonyl (C=O) groups is 2. The van der Waals surface area contributed by atoms with E-state index in [2.05, 4.69) is 10.2 Å². The SMILES string of the molecule is C[C@@H](C(=O)NC(C)(C)C)N1CCC[C@H](CN(C)C(=O)OC(C)(C)C)C1. The average molecular weight is 356 g/mol. The minimum atomic E-state index is -0.483. The summed E-state index contributed by atoms with van der Waals surface area (Å²) < 4.78 is 5.42.